The zero-order chi connectivity index (χ0) is 13.1. The molecule has 112 valence electrons. The Labute approximate surface area is 128 Å². The van der Waals surface area contributed by atoms with E-state index in [1.807, 2.05) is 16.3 Å². The maximum absolute atomic E-state index is 12.4. The van der Waals surface area contributed by atoms with Crippen molar-refractivity contribution in [2.24, 2.45) is 0 Å². The minimum atomic E-state index is -0.337. The molecule has 2 atom stereocenters. The minimum absolute atomic E-state index is 0. The van der Waals surface area contributed by atoms with Crippen LogP contribution in [0.15, 0.2) is 17.5 Å². The molecule has 3 heterocycles. The summed E-state index contributed by atoms with van der Waals surface area (Å²) >= 11 is 1.67. The first-order valence-electron chi connectivity index (χ1n) is 6.61. The molecule has 7 heteroatoms. The van der Waals surface area contributed by atoms with Crippen LogP contribution in [0.2, 0.25) is 0 Å². The number of morpholine rings is 2. The summed E-state index contributed by atoms with van der Waals surface area (Å²) in [7, 11) is 0. The lowest BCUT2D eigenvalue weighted by atomic mass is 10.2. The van der Waals surface area contributed by atoms with Gasteiger partial charge >= 0.3 is 0 Å². The first-order chi connectivity index (χ1) is 9.34. The van der Waals surface area contributed by atoms with E-state index < -0.39 is 0 Å². The van der Waals surface area contributed by atoms with E-state index in [9.17, 15) is 4.79 Å². The molecule has 0 aliphatic carbocycles. The molecule has 0 bridgehead atoms. The zero-order valence-electron chi connectivity index (χ0n) is 11.1. The molecule has 0 aromatic carbocycles. The van der Waals surface area contributed by atoms with Gasteiger partial charge in [0.05, 0.1) is 19.8 Å². The molecule has 1 N–H and O–H groups in total. The number of nitrogens with zero attached hydrogens (tertiary/aromatic N) is 1. The number of thiophene rings is 1. The van der Waals surface area contributed by atoms with E-state index in [2.05, 4.69) is 11.4 Å². The van der Waals surface area contributed by atoms with Gasteiger partial charge < -0.3 is 19.7 Å². The van der Waals surface area contributed by atoms with E-state index >= 15 is 0 Å². The third-order valence-corrected chi connectivity index (χ3v) is 4.41. The Kier molecular flexibility index (Phi) is 5.80. The Morgan fingerprint density at radius 2 is 2.30 bits per heavy atom. The summed E-state index contributed by atoms with van der Waals surface area (Å²) in [6.45, 7) is 3.91. The third-order valence-electron chi connectivity index (χ3n) is 3.44. The molecule has 20 heavy (non-hydrogen) atoms. The highest BCUT2D eigenvalue weighted by molar-refractivity contribution is 7.10. The topological polar surface area (TPSA) is 50.8 Å². The molecule has 2 unspecified atom stereocenters. The van der Waals surface area contributed by atoms with Crippen LogP contribution in [0.4, 0.5) is 0 Å². The fourth-order valence-electron chi connectivity index (χ4n) is 2.42. The Hall–Kier alpha value is -0.660. The summed E-state index contributed by atoms with van der Waals surface area (Å²) < 4.78 is 11.3. The Morgan fingerprint density at radius 1 is 1.40 bits per heavy atom. The zero-order valence-corrected chi connectivity index (χ0v) is 12.8. The van der Waals surface area contributed by atoms with Crippen molar-refractivity contribution in [3.05, 3.63) is 22.4 Å². The van der Waals surface area contributed by atoms with Crippen LogP contribution < -0.4 is 5.32 Å². The predicted octanol–water partition coefficient (Wildman–Crippen LogP) is 1.06. The second kappa shape index (κ2) is 7.38. The van der Waals surface area contributed by atoms with Crippen LogP contribution in [0, 0.1) is 0 Å². The van der Waals surface area contributed by atoms with Crippen molar-refractivity contribution < 1.29 is 14.3 Å². The van der Waals surface area contributed by atoms with E-state index in [0.717, 1.165) is 6.54 Å². The lowest BCUT2D eigenvalue weighted by Crippen LogP contribution is -2.52. The molecule has 1 aromatic heterocycles. The Bertz CT molecular complexity index is 423. The van der Waals surface area contributed by atoms with Crippen LogP contribution >= 0.6 is 23.7 Å². The molecule has 0 radical (unpaired) electrons. The number of amides is 1. The van der Waals surface area contributed by atoms with E-state index in [4.69, 9.17) is 9.47 Å². The van der Waals surface area contributed by atoms with Gasteiger partial charge in [-0.3, -0.25) is 4.79 Å². The van der Waals surface area contributed by atoms with Gasteiger partial charge in [-0.15, -0.1) is 23.7 Å². The molecule has 1 aromatic rings. The molecular weight excluding hydrogens is 300 g/mol. The average molecular weight is 319 g/mol. The second-order valence-corrected chi connectivity index (χ2v) is 5.70. The normalized spacial score (nSPS) is 26.9. The standard InChI is InChI=1S/C13H18N2O3S.ClH/c16-13(10-8-14-3-5-17-10)15-4-6-18-11(9-15)12-2-1-7-19-12;/h1-2,7,10-11,14H,3-6,8-9H2;1H. The summed E-state index contributed by atoms with van der Waals surface area (Å²) in [4.78, 5) is 15.4. The number of carbonyl (C=O) groups excluding carboxylic acids is 1. The molecule has 2 saturated heterocycles. The van der Waals surface area contributed by atoms with Gasteiger partial charge in [0.25, 0.3) is 5.91 Å². The van der Waals surface area contributed by atoms with Crippen LogP contribution in [0.3, 0.4) is 0 Å². The maximum atomic E-state index is 12.4. The van der Waals surface area contributed by atoms with Crippen LogP contribution in [-0.4, -0.2) is 56.3 Å². The predicted molar refractivity (Wildman–Crippen MR) is 79.4 cm³/mol. The van der Waals surface area contributed by atoms with Crippen LogP contribution in [0.1, 0.15) is 11.0 Å². The SMILES string of the molecule is Cl.O=C(C1CNCCO1)N1CCOC(c2cccs2)C1. The largest absolute Gasteiger partial charge is 0.369 e. The third kappa shape index (κ3) is 3.51. The van der Waals surface area contributed by atoms with Crippen molar-refractivity contribution in [2.45, 2.75) is 12.2 Å². The molecular formula is C13H19ClN2O3S. The number of nitrogens with one attached hydrogen (secondary N) is 1. The monoisotopic (exact) mass is 318 g/mol. The van der Waals surface area contributed by atoms with E-state index in [0.29, 0.717) is 32.8 Å². The number of halogens is 1. The molecule has 0 saturated carbocycles. The smallest absolute Gasteiger partial charge is 0.253 e. The Balaban J connectivity index is 0.00000147. The highest BCUT2D eigenvalue weighted by Gasteiger charge is 2.31. The van der Waals surface area contributed by atoms with Crippen molar-refractivity contribution >= 4 is 29.7 Å². The van der Waals surface area contributed by atoms with Gasteiger partial charge in [-0.05, 0) is 11.4 Å². The van der Waals surface area contributed by atoms with Crippen molar-refractivity contribution in [2.75, 3.05) is 39.4 Å². The highest BCUT2D eigenvalue weighted by atomic mass is 35.5. The molecule has 3 rings (SSSR count). The number of carbonyl (C=O) groups is 1. The van der Waals surface area contributed by atoms with Crippen molar-refractivity contribution in [3.8, 4) is 0 Å². The number of rotatable bonds is 2. The summed E-state index contributed by atoms with van der Waals surface area (Å²) in [5.74, 6) is 0.0806. The van der Waals surface area contributed by atoms with Crippen molar-refractivity contribution in [1.29, 1.82) is 0 Å². The van der Waals surface area contributed by atoms with Gasteiger partial charge in [0.1, 0.15) is 12.2 Å². The summed E-state index contributed by atoms with van der Waals surface area (Å²) in [6.07, 6.45) is -0.329. The van der Waals surface area contributed by atoms with Gasteiger partial charge in [-0.1, -0.05) is 6.07 Å². The molecule has 2 aliphatic rings. The molecule has 2 aliphatic heterocycles. The van der Waals surface area contributed by atoms with Crippen molar-refractivity contribution in [1.82, 2.24) is 10.2 Å². The first kappa shape index (κ1) is 15.7. The van der Waals surface area contributed by atoms with E-state index in [1.165, 1.54) is 4.88 Å². The lowest BCUT2D eigenvalue weighted by Gasteiger charge is -2.35. The summed E-state index contributed by atoms with van der Waals surface area (Å²) in [6, 6.07) is 4.07. The van der Waals surface area contributed by atoms with Crippen molar-refractivity contribution in [3.63, 3.8) is 0 Å². The quantitative estimate of drug-likeness (QED) is 0.886. The summed E-state index contributed by atoms with van der Waals surface area (Å²) in [5.41, 5.74) is 0. The molecule has 5 nitrogen and oxygen atoms in total. The van der Waals surface area contributed by atoms with Gasteiger partial charge in [-0.2, -0.15) is 0 Å². The van der Waals surface area contributed by atoms with E-state index in [1.54, 1.807) is 11.3 Å². The van der Waals surface area contributed by atoms with Crippen LogP contribution in [0.25, 0.3) is 0 Å². The molecule has 1 amide bonds. The van der Waals surface area contributed by atoms with Crippen LogP contribution in [0.5, 0.6) is 0 Å². The minimum Gasteiger partial charge on any atom is -0.369 e. The fraction of sp³-hybridized carbons (Fsp3) is 0.615. The summed E-state index contributed by atoms with van der Waals surface area (Å²) in [5, 5.41) is 5.23. The lowest BCUT2D eigenvalue weighted by molar-refractivity contribution is -0.152. The van der Waals surface area contributed by atoms with E-state index in [-0.39, 0.29) is 30.5 Å². The van der Waals surface area contributed by atoms with Gasteiger partial charge in [-0.25, -0.2) is 0 Å². The number of ether oxygens (including phenoxy) is 2. The maximum Gasteiger partial charge on any atom is 0.253 e. The number of hydrogen-bond donors (Lipinski definition) is 1. The Morgan fingerprint density at radius 3 is 3.00 bits per heavy atom. The van der Waals surface area contributed by atoms with Gasteiger partial charge in [0.2, 0.25) is 0 Å². The average Bonchev–Trinajstić information content (AvgIpc) is 3.02. The van der Waals surface area contributed by atoms with Crippen LogP contribution in [-0.2, 0) is 14.3 Å². The second-order valence-electron chi connectivity index (χ2n) is 4.72. The molecule has 0 spiro atoms. The fourth-order valence-corrected chi connectivity index (χ4v) is 3.19. The highest BCUT2D eigenvalue weighted by Crippen LogP contribution is 2.26. The molecule has 2 fully saturated rings. The number of hydrogen-bond acceptors (Lipinski definition) is 5. The first-order valence-corrected chi connectivity index (χ1v) is 7.48. The van der Waals surface area contributed by atoms with Gasteiger partial charge in [0, 0.05) is 24.5 Å². The van der Waals surface area contributed by atoms with Gasteiger partial charge in [0.15, 0.2) is 0 Å².